The Kier molecular flexibility index (Phi) is 6.09. The maximum atomic E-state index is 15.2. The van der Waals surface area contributed by atoms with Crippen LogP contribution in [0.15, 0.2) is 61.2 Å². The number of hydrogen-bond donors (Lipinski definition) is 0. The van der Waals surface area contributed by atoms with Gasteiger partial charge in [0.05, 0.1) is 19.6 Å². The molecule has 3 aliphatic carbocycles. The molecule has 3 aromatic carbocycles. The van der Waals surface area contributed by atoms with Crippen LogP contribution in [0, 0.1) is 17.2 Å². The van der Waals surface area contributed by atoms with Crippen molar-refractivity contribution in [2.45, 2.75) is 58.0 Å². The lowest BCUT2D eigenvalue weighted by atomic mass is 9.73. The molecule has 4 nitrogen and oxygen atoms in total. The van der Waals surface area contributed by atoms with Crippen molar-refractivity contribution in [3.8, 4) is 22.6 Å². The molecule has 0 aliphatic heterocycles. The van der Waals surface area contributed by atoms with Gasteiger partial charge in [-0.3, -0.25) is 4.79 Å². The van der Waals surface area contributed by atoms with Crippen LogP contribution < -0.4 is 9.47 Å². The van der Waals surface area contributed by atoms with Crippen molar-refractivity contribution >= 4 is 5.97 Å². The number of carbonyl (C=O) groups excluding carboxylic acids is 1. The Morgan fingerprint density at radius 3 is 2.74 bits per heavy atom. The van der Waals surface area contributed by atoms with Gasteiger partial charge in [0.2, 0.25) is 0 Å². The van der Waals surface area contributed by atoms with Gasteiger partial charge in [0, 0.05) is 22.5 Å². The predicted octanol–water partition coefficient (Wildman–Crippen LogP) is 7.50. The third-order valence-corrected chi connectivity index (χ3v) is 9.14. The maximum Gasteiger partial charge on any atom is 0.309 e. The molecular weight excluding hydrogens is 491 g/mol. The van der Waals surface area contributed by atoms with Crippen LogP contribution in [0.3, 0.4) is 0 Å². The van der Waals surface area contributed by atoms with Crippen molar-refractivity contribution in [1.82, 2.24) is 0 Å². The first-order valence-corrected chi connectivity index (χ1v) is 13.8. The monoisotopic (exact) mass is 526 g/mol. The van der Waals surface area contributed by atoms with Crippen molar-refractivity contribution in [1.29, 1.82) is 0 Å². The van der Waals surface area contributed by atoms with Gasteiger partial charge in [0.1, 0.15) is 23.9 Å². The van der Waals surface area contributed by atoms with Gasteiger partial charge in [-0.2, -0.15) is 0 Å². The number of rotatable bonds is 8. The number of allylic oxidation sites excluding steroid dienone is 1. The van der Waals surface area contributed by atoms with Crippen LogP contribution in [0.1, 0.15) is 67.3 Å². The summed E-state index contributed by atoms with van der Waals surface area (Å²) >= 11 is 0. The second kappa shape index (κ2) is 9.25. The van der Waals surface area contributed by atoms with Crippen molar-refractivity contribution in [3.05, 3.63) is 94.8 Å². The molecule has 1 saturated carbocycles. The number of carbonyl (C=O) groups is 1. The van der Waals surface area contributed by atoms with Gasteiger partial charge in [-0.1, -0.05) is 44.2 Å². The minimum Gasteiger partial charge on any atom is -0.496 e. The number of methoxy groups -OCH3 is 1. The summed E-state index contributed by atoms with van der Waals surface area (Å²) in [7, 11) is 1.63. The lowest BCUT2D eigenvalue weighted by Crippen LogP contribution is -2.19. The van der Waals surface area contributed by atoms with Gasteiger partial charge in [0.15, 0.2) is 0 Å². The SMILES string of the molecule is C=CC(C)(C)C1c2cc(COc3ccc4c(c3)[C@]3(CC4)C[C@H]3C(=O)OCC)ccc2-c2c(F)ccc(OC)c21. The number of benzene rings is 3. The Hall–Kier alpha value is -3.60. The van der Waals surface area contributed by atoms with E-state index in [0.29, 0.717) is 24.5 Å². The molecule has 0 aromatic heterocycles. The zero-order chi connectivity index (χ0) is 27.5. The van der Waals surface area contributed by atoms with Crippen LogP contribution >= 0.6 is 0 Å². The van der Waals surface area contributed by atoms with E-state index in [9.17, 15) is 4.79 Å². The van der Waals surface area contributed by atoms with Gasteiger partial charge in [-0.25, -0.2) is 4.39 Å². The molecule has 39 heavy (non-hydrogen) atoms. The van der Waals surface area contributed by atoms with E-state index in [1.807, 2.05) is 31.2 Å². The molecule has 0 radical (unpaired) electrons. The molecule has 0 bridgehead atoms. The topological polar surface area (TPSA) is 44.8 Å². The average molecular weight is 527 g/mol. The van der Waals surface area contributed by atoms with E-state index in [-0.39, 0.29) is 34.5 Å². The number of esters is 1. The van der Waals surface area contributed by atoms with Gasteiger partial charge in [0.25, 0.3) is 0 Å². The van der Waals surface area contributed by atoms with Crippen molar-refractivity contribution in [2.75, 3.05) is 13.7 Å². The Morgan fingerprint density at radius 1 is 1.18 bits per heavy atom. The highest BCUT2D eigenvalue weighted by Crippen LogP contribution is 2.62. The molecule has 202 valence electrons. The Morgan fingerprint density at radius 2 is 2.00 bits per heavy atom. The molecule has 0 saturated heterocycles. The zero-order valence-corrected chi connectivity index (χ0v) is 23.1. The third kappa shape index (κ3) is 3.97. The molecule has 6 rings (SSSR count). The summed E-state index contributed by atoms with van der Waals surface area (Å²) in [4.78, 5) is 12.4. The molecule has 3 aliphatic rings. The fourth-order valence-corrected chi connectivity index (χ4v) is 6.94. The number of aryl methyl sites for hydroxylation is 1. The van der Waals surface area contributed by atoms with E-state index in [1.54, 1.807) is 13.2 Å². The van der Waals surface area contributed by atoms with Gasteiger partial charge >= 0.3 is 5.97 Å². The minimum absolute atomic E-state index is 0.0465. The number of ether oxygens (including phenoxy) is 3. The molecule has 5 heteroatoms. The van der Waals surface area contributed by atoms with Crippen LogP contribution in [-0.2, 0) is 28.0 Å². The minimum atomic E-state index is -0.325. The van der Waals surface area contributed by atoms with Crippen LogP contribution in [0.4, 0.5) is 4.39 Å². The first-order chi connectivity index (χ1) is 18.7. The largest absolute Gasteiger partial charge is 0.496 e. The molecule has 0 heterocycles. The van der Waals surface area contributed by atoms with Gasteiger partial charge < -0.3 is 14.2 Å². The molecular formula is C34H35FO4. The molecule has 3 aromatic rings. The second-order valence-electron chi connectivity index (χ2n) is 11.7. The molecule has 3 atom stereocenters. The summed E-state index contributed by atoms with van der Waals surface area (Å²) in [5, 5.41) is 0. The van der Waals surface area contributed by atoms with Crippen molar-refractivity contribution < 1.29 is 23.4 Å². The highest BCUT2D eigenvalue weighted by atomic mass is 19.1. The Labute approximate surface area is 229 Å². The molecule has 1 spiro atoms. The summed E-state index contributed by atoms with van der Waals surface area (Å²) in [5.74, 6) is 1.01. The molecule has 0 amide bonds. The highest BCUT2D eigenvalue weighted by Gasteiger charge is 2.62. The average Bonchev–Trinajstić information content (AvgIpc) is 3.41. The summed E-state index contributed by atoms with van der Waals surface area (Å²) in [6.07, 6.45) is 4.76. The van der Waals surface area contributed by atoms with Crippen LogP contribution in [0.2, 0.25) is 0 Å². The standard InChI is InChI=1S/C34H35FO4/c1-6-33(3,4)31-24-16-20(8-11-23(24)29-27(35)12-13-28(37-5)30(29)31)19-39-22-10-9-21-14-15-34(25(21)17-22)18-26(34)32(36)38-7-2/h6,8-13,16-17,26,31H,1,7,14-15,18-19H2,2-5H3/t26-,31?,34-/m0/s1. The fourth-order valence-electron chi connectivity index (χ4n) is 6.94. The van der Waals surface area contributed by atoms with E-state index >= 15 is 4.39 Å². The second-order valence-corrected chi connectivity index (χ2v) is 11.7. The Bertz CT molecular complexity index is 1490. The quantitative estimate of drug-likeness (QED) is 0.225. The lowest BCUT2D eigenvalue weighted by Gasteiger charge is -2.31. The fraction of sp³-hybridized carbons (Fsp3) is 0.382. The number of fused-ring (bicyclic) bond motifs is 5. The van der Waals surface area contributed by atoms with Gasteiger partial charge in [-0.15, -0.1) is 6.58 Å². The third-order valence-electron chi connectivity index (χ3n) is 9.14. The summed E-state index contributed by atoms with van der Waals surface area (Å²) in [5.41, 5.74) is 6.57. The zero-order valence-electron chi connectivity index (χ0n) is 23.1. The highest BCUT2D eigenvalue weighted by molar-refractivity contribution is 5.83. The van der Waals surface area contributed by atoms with Crippen molar-refractivity contribution in [3.63, 3.8) is 0 Å². The van der Waals surface area contributed by atoms with E-state index in [2.05, 4.69) is 38.6 Å². The van der Waals surface area contributed by atoms with Gasteiger partial charge in [-0.05, 0) is 83.7 Å². The lowest BCUT2D eigenvalue weighted by molar-refractivity contribution is -0.145. The summed E-state index contributed by atoms with van der Waals surface area (Å²) < 4.78 is 32.5. The summed E-state index contributed by atoms with van der Waals surface area (Å²) in [6, 6.07) is 15.6. The predicted molar refractivity (Wildman–Crippen MR) is 150 cm³/mol. The molecule has 1 unspecified atom stereocenters. The van der Waals surface area contributed by atoms with E-state index in [1.165, 1.54) is 17.2 Å². The molecule has 1 fully saturated rings. The van der Waals surface area contributed by atoms with Crippen LogP contribution in [-0.4, -0.2) is 19.7 Å². The smallest absolute Gasteiger partial charge is 0.309 e. The van der Waals surface area contributed by atoms with Crippen LogP contribution in [0.5, 0.6) is 11.5 Å². The number of halogens is 1. The van der Waals surface area contributed by atoms with E-state index < -0.39 is 0 Å². The number of hydrogen-bond acceptors (Lipinski definition) is 4. The van der Waals surface area contributed by atoms with Crippen LogP contribution in [0.25, 0.3) is 11.1 Å². The van der Waals surface area contributed by atoms with E-state index in [4.69, 9.17) is 14.2 Å². The Balaban J connectivity index is 1.28. The maximum absolute atomic E-state index is 15.2. The summed E-state index contributed by atoms with van der Waals surface area (Å²) in [6.45, 7) is 11.0. The molecule has 0 N–H and O–H groups in total. The first kappa shape index (κ1) is 25.7. The van der Waals surface area contributed by atoms with Crippen molar-refractivity contribution in [2.24, 2.45) is 11.3 Å². The normalized spacial score (nSPS) is 22.2. The first-order valence-electron chi connectivity index (χ1n) is 13.8. The van der Waals surface area contributed by atoms with E-state index in [0.717, 1.165) is 47.3 Å².